The van der Waals surface area contributed by atoms with Crippen LogP contribution in [-0.4, -0.2) is 35.2 Å². The number of likely N-dealkylation sites (tertiary alicyclic amines) is 1. The van der Waals surface area contributed by atoms with Gasteiger partial charge in [0, 0.05) is 6.04 Å². The number of piperidine rings is 1. The number of halogens is 3. The van der Waals surface area contributed by atoms with E-state index in [1.54, 1.807) is 18.2 Å². The molecule has 1 saturated carbocycles. The van der Waals surface area contributed by atoms with E-state index in [1.807, 2.05) is 13.0 Å². The fraction of sp³-hybridized carbons (Fsp3) is 0.593. The number of hydrogen-bond donors (Lipinski definition) is 1. The maximum Gasteiger partial charge on any atom is 0.420 e. The molecule has 1 unspecified atom stereocenters. The Labute approximate surface area is 199 Å². The van der Waals surface area contributed by atoms with Crippen molar-refractivity contribution in [1.82, 2.24) is 4.90 Å². The van der Waals surface area contributed by atoms with Crippen molar-refractivity contribution in [2.75, 3.05) is 13.1 Å². The minimum atomic E-state index is -4.53. The number of carboxylic acids is 1. The highest BCUT2D eigenvalue weighted by Gasteiger charge is 2.38. The van der Waals surface area contributed by atoms with E-state index < -0.39 is 17.7 Å². The molecule has 2 fully saturated rings. The van der Waals surface area contributed by atoms with E-state index in [9.17, 15) is 23.1 Å². The molecule has 0 bridgehead atoms. The fourth-order valence-corrected chi connectivity index (χ4v) is 5.60. The van der Waals surface area contributed by atoms with Crippen LogP contribution in [0.15, 0.2) is 30.3 Å². The van der Waals surface area contributed by atoms with Gasteiger partial charge >= 0.3 is 12.1 Å². The number of carboxylic acid groups (broad SMARTS) is 1. The number of benzene rings is 2. The van der Waals surface area contributed by atoms with Crippen LogP contribution in [0, 0.1) is 11.8 Å². The number of carbonyl (C=O) groups is 1. The van der Waals surface area contributed by atoms with Crippen LogP contribution in [0.5, 0.6) is 5.75 Å². The maximum atomic E-state index is 14.3. The average Bonchev–Trinajstić information content (AvgIpc) is 2.80. The van der Waals surface area contributed by atoms with Gasteiger partial charge in [-0.25, -0.2) is 0 Å². The molecule has 1 aliphatic carbocycles. The van der Waals surface area contributed by atoms with E-state index in [0.717, 1.165) is 37.7 Å². The number of fused-ring (bicyclic) bond motifs is 1. The van der Waals surface area contributed by atoms with Crippen molar-refractivity contribution in [2.45, 2.75) is 77.1 Å². The quantitative estimate of drug-likeness (QED) is 0.484. The summed E-state index contributed by atoms with van der Waals surface area (Å²) in [6, 6.07) is 8.47. The summed E-state index contributed by atoms with van der Waals surface area (Å²) in [5, 5.41) is 10.00. The normalized spacial score (nSPS) is 23.7. The van der Waals surface area contributed by atoms with Crippen LogP contribution in [0.1, 0.15) is 76.0 Å². The Balaban J connectivity index is 1.66. The smallest absolute Gasteiger partial charge is 0.420 e. The minimum absolute atomic E-state index is 0.0513. The predicted octanol–water partition coefficient (Wildman–Crippen LogP) is 7.06. The number of ether oxygens (including phenoxy) is 1. The molecule has 1 atom stereocenters. The molecular formula is C27H34F3NO3. The third-order valence-corrected chi connectivity index (χ3v) is 7.64. The van der Waals surface area contributed by atoms with Crippen LogP contribution in [0.3, 0.4) is 0 Å². The van der Waals surface area contributed by atoms with Gasteiger partial charge in [0.25, 0.3) is 0 Å². The largest absolute Gasteiger partial charge is 0.490 e. The molecule has 1 N–H and O–H groups in total. The third-order valence-electron chi connectivity index (χ3n) is 7.64. The Morgan fingerprint density at radius 1 is 1.09 bits per heavy atom. The van der Waals surface area contributed by atoms with Gasteiger partial charge in [-0.05, 0) is 92.4 Å². The molecule has 4 rings (SSSR count). The van der Waals surface area contributed by atoms with Gasteiger partial charge in [-0.1, -0.05) is 32.0 Å². The van der Waals surface area contributed by atoms with Crippen molar-refractivity contribution in [2.24, 2.45) is 11.8 Å². The monoisotopic (exact) mass is 477 g/mol. The van der Waals surface area contributed by atoms with Crippen molar-refractivity contribution < 1.29 is 27.8 Å². The first-order valence-electron chi connectivity index (χ1n) is 12.4. The molecular weight excluding hydrogens is 443 g/mol. The lowest BCUT2D eigenvalue weighted by atomic mass is 9.89. The lowest BCUT2D eigenvalue weighted by molar-refractivity contribution is -0.143. The summed E-state index contributed by atoms with van der Waals surface area (Å²) in [7, 11) is 0. The first-order chi connectivity index (χ1) is 16.2. The van der Waals surface area contributed by atoms with E-state index >= 15 is 0 Å². The van der Waals surface area contributed by atoms with E-state index in [4.69, 9.17) is 4.74 Å². The van der Waals surface area contributed by atoms with E-state index in [-0.39, 0.29) is 29.2 Å². The Morgan fingerprint density at radius 2 is 1.74 bits per heavy atom. The van der Waals surface area contributed by atoms with Gasteiger partial charge in [0.15, 0.2) is 0 Å². The van der Waals surface area contributed by atoms with Gasteiger partial charge in [0.05, 0.1) is 12.0 Å². The van der Waals surface area contributed by atoms with Crippen molar-refractivity contribution in [3.05, 3.63) is 41.5 Å². The fourth-order valence-electron chi connectivity index (χ4n) is 5.60. The van der Waals surface area contributed by atoms with Crippen LogP contribution in [-0.2, 0) is 11.0 Å². The molecule has 1 aliphatic heterocycles. The van der Waals surface area contributed by atoms with Crippen LogP contribution >= 0.6 is 0 Å². The SMILES string of the molecule is CCC(c1ccc2ccc(O[C@H]3CC[C@@H](C)CC3)c(C(F)(F)F)c2c1)N1CCC(C(=O)O)CC1. The zero-order valence-corrected chi connectivity index (χ0v) is 19.9. The van der Waals surface area contributed by atoms with E-state index in [2.05, 4.69) is 11.8 Å². The standard InChI is InChI=1S/C27H34F3NO3/c1-3-23(31-14-12-19(13-15-31)26(32)33)20-7-6-18-8-11-24(25(22(18)16-20)27(28,29)30)34-21-9-4-17(2)5-10-21/h6-8,11,16-17,19,21,23H,3-5,9-10,12-15H2,1-2H3,(H,32,33)/t17-,21+,23?. The maximum absolute atomic E-state index is 14.3. The molecule has 34 heavy (non-hydrogen) atoms. The van der Waals surface area contributed by atoms with Crippen molar-refractivity contribution in [3.8, 4) is 5.75 Å². The number of nitrogens with zero attached hydrogens (tertiary/aromatic N) is 1. The molecule has 0 amide bonds. The molecule has 2 aliphatic rings. The van der Waals surface area contributed by atoms with E-state index in [0.29, 0.717) is 37.2 Å². The highest BCUT2D eigenvalue weighted by Crippen LogP contribution is 2.43. The lowest BCUT2D eigenvalue weighted by Gasteiger charge is -2.36. The number of alkyl halides is 3. The Hall–Kier alpha value is -2.28. The van der Waals surface area contributed by atoms with Crippen LogP contribution < -0.4 is 4.74 Å². The second-order valence-electron chi connectivity index (χ2n) is 9.99. The summed E-state index contributed by atoms with van der Waals surface area (Å²) in [5.74, 6) is -0.600. The van der Waals surface area contributed by atoms with Crippen LogP contribution in [0.25, 0.3) is 10.8 Å². The highest BCUT2D eigenvalue weighted by molar-refractivity contribution is 5.89. The molecule has 1 saturated heterocycles. The lowest BCUT2D eigenvalue weighted by Crippen LogP contribution is -2.38. The van der Waals surface area contributed by atoms with Crippen molar-refractivity contribution in [3.63, 3.8) is 0 Å². The minimum Gasteiger partial charge on any atom is -0.490 e. The summed E-state index contributed by atoms with van der Waals surface area (Å²) < 4.78 is 49.0. The predicted molar refractivity (Wildman–Crippen MR) is 126 cm³/mol. The molecule has 2 aromatic rings. The molecule has 2 aromatic carbocycles. The van der Waals surface area contributed by atoms with Gasteiger partial charge in [-0.2, -0.15) is 13.2 Å². The molecule has 0 aromatic heterocycles. The first kappa shape index (κ1) is 24.8. The first-order valence-corrected chi connectivity index (χ1v) is 12.4. The van der Waals surface area contributed by atoms with Crippen LogP contribution in [0.2, 0.25) is 0 Å². The molecule has 0 radical (unpaired) electrons. The molecule has 0 spiro atoms. The zero-order valence-electron chi connectivity index (χ0n) is 19.9. The highest BCUT2D eigenvalue weighted by atomic mass is 19.4. The summed E-state index contributed by atoms with van der Waals surface area (Å²) in [5.41, 5.74) is 0.142. The summed E-state index contributed by atoms with van der Waals surface area (Å²) in [6.07, 6.45) is 0.647. The van der Waals surface area contributed by atoms with Gasteiger partial charge < -0.3 is 9.84 Å². The number of hydrogen-bond acceptors (Lipinski definition) is 3. The average molecular weight is 478 g/mol. The molecule has 1 heterocycles. The summed E-state index contributed by atoms with van der Waals surface area (Å²) in [4.78, 5) is 13.5. The third kappa shape index (κ3) is 5.35. The second-order valence-corrected chi connectivity index (χ2v) is 9.99. The van der Waals surface area contributed by atoms with Crippen molar-refractivity contribution >= 4 is 16.7 Å². The Morgan fingerprint density at radius 3 is 2.32 bits per heavy atom. The van der Waals surface area contributed by atoms with Gasteiger partial charge in [-0.15, -0.1) is 0 Å². The van der Waals surface area contributed by atoms with Crippen LogP contribution in [0.4, 0.5) is 13.2 Å². The number of aliphatic carboxylic acids is 1. The van der Waals surface area contributed by atoms with Gasteiger partial charge in [0.2, 0.25) is 0 Å². The topological polar surface area (TPSA) is 49.8 Å². The zero-order chi connectivity index (χ0) is 24.5. The Bertz CT molecular complexity index is 1010. The molecule has 4 nitrogen and oxygen atoms in total. The Kier molecular flexibility index (Phi) is 7.41. The summed E-state index contributed by atoms with van der Waals surface area (Å²) in [6.45, 7) is 5.45. The molecule has 7 heteroatoms. The molecule has 186 valence electrons. The number of rotatable bonds is 6. The van der Waals surface area contributed by atoms with Gasteiger partial charge in [-0.3, -0.25) is 9.69 Å². The van der Waals surface area contributed by atoms with Gasteiger partial charge in [0.1, 0.15) is 11.3 Å². The van der Waals surface area contributed by atoms with Crippen molar-refractivity contribution in [1.29, 1.82) is 0 Å². The van der Waals surface area contributed by atoms with E-state index in [1.165, 1.54) is 6.07 Å². The second kappa shape index (κ2) is 10.1. The summed E-state index contributed by atoms with van der Waals surface area (Å²) >= 11 is 0.